The van der Waals surface area contributed by atoms with E-state index in [1.807, 2.05) is 13.8 Å². The van der Waals surface area contributed by atoms with Gasteiger partial charge in [-0.25, -0.2) is 0 Å². The minimum absolute atomic E-state index is 0.121. The lowest BCUT2D eigenvalue weighted by Crippen LogP contribution is -2.09. The Hall–Kier alpha value is -1.46. The second-order valence-corrected chi connectivity index (χ2v) is 3.53. The minimum atomic E-state index is 0.121. The molecule has 0 aliphatic rings. The van der Waals surface area contributed by atoms with Crippen LogP contribution in [0.25, 0.3) is 0 Å². The zero-order chi connectivity index (χ0) is 13.9. The maximum Gasteiger partial charge on any atom is 0.204 e. The van der Waals surface area contributed by atoms with Crippen LogP contribution in [0.15, 0.2) is 12.1 Å². The number of hydrogen-bond donors (Lipinski definition) is 0. The fourth-order valence-corrected chi connectivity index (χ4v) is 1.41. The van der Waals surface area contributed by atoms with Gasteiger partial charge in [-0.05, 0) is 26.0 Å². The first-order chi connectivity index (χ1) is 9.33. The largest absolute Gasteiger partial charge is 0.490 e. The molecule has 19 heavy (non-hydrogen) atoms. The third kappa shape index (κ3) is 5.36. The fraction of sp³-hybridized carbons (Fsp3) is 0.571. The van der Waals surface area contributed by atoms with Crippen molar-refractivity contribution in [1.29, 1.82) is 0 Å². The smallest absolute Gasteiger partial charge is 0.204 e. The van der Waals surface area contributed by atoms with Crippen LogP contribution < -0.4 is 14.2 Å². The van der Waals surface area contributed by atoms with Crippen molar-refractivity contribution >= 4 is 0 Å². The summed E-state index contributed by atoms with van der Waals surface area (Å²) in [5.41, 5.74) is 0. The summed E-state index contributed by atoms with van der Waals surface area (Å²) >= 11 is 0. The Labute approximate surface area is 114 Å². The van der Waals surface area contributed by atoms with Crippen LogP contribution in [0.3, 0.4) is 0 Å². The van der Waals surface area contributed by atoms with Gasteiger partial charge in [0.1, 0.15) is 0 Å². The average Bonchev–Trinajstić information content (AvgIpc) is 2.42. The summed E-state index contributed by atoms with van der Waals surface area (Å²) in [7, 11) is 1.62. The van der Waals surface area contributed by atoms with Crippen LogP contribution in [0, 0.1) is 6.07 Å². The van der Waals surface area contributed by atoms with E-state index in [0.29, 0.717) is 43.7 Å². The molecule has 0 saturated heterocycles. The number of ether oxygens (including phenoxy) is 5. The quantitative estimate of drug-likeness (QED) is 0.481. The van der Waals surface area contributed by atoms with Gasteiger partial charge in [0.05, 0.1) is 26.4 Å². The molecule has 0 saturated carbocycles. The van der Waals surface area contributed by atoms with Gasteiger partial charge in [-0.1, -0.05) is 0 Å². The van der Waals surface area contributed by atoms with E-state index in [-0.39, 0.29) is 6.79 Å². The Kier molecular flexibility index (Phi) is 7.77. The molecule has 0 aliphatic carbocycles. The molecule has 107 valence electrons. The van der Waals surface area contributed by atoms with Crippen molar-refractivity contribution in [3.8, 4) is 17.2 Å². The summed E-state index contributed by atoms with van der Waals surface area (Å²) in [6.45, 7) is 6.04. The molecule has 0 spiro atoms. The number of hydrogen-bond acceptors (Lipinski definition) is 5. The Morgan fingerprint density at radius 1 is 1.05 bits per heavy atom. The number of benzene rings is 1. The Balaban J connectivity index is 2.61. The molecule has 0 aromatic heterocycles. The highest BCUT2D eigenvalue weighted by Gasteiger charge is 2.12. The van der Waals surface area contributed by atoms with E-state index in [9.17, 15) is 0 Å². The first-order valence-corrected chi connectivity index (χ1v) is 6.33. The summed E-state index contributed by atoms with van der Waals surface area (Å²) in [6, 6.07) is 6.51. The number of methoxy groups -OCH3 is 1. The molecule has 1 aromatic carbocycles. The molecule has 0 amide bonds. The van der Waals surface area contributed by atoms with Crippen LogP contribution in [0.5, 0.6) is 17.2 Å². The number of rotatable bonds is 10. The predicted molar refractivity (Wildman–Crippen MR) is 70.9 cm³/mol. The zero-order valence-electron chi connectivity index (χ0n) is 11.7. The topological polar surface area (TPSA) is 46.2 Å². The van der Waals surface area contributed by atoms with Crippen molar-refractivity contribution < 1.29 is 23.7 Å². The molecular formula is C14H21O5. The highest BCUT2D eigenvalue weighted by molar-refractivity contribution is 5.50. The van der Waals surface area contributed by atoms with Gasteiger partial charge in [-0.3, -0.25) is 0 Å². The molecule has 1 aromatic rings. The van der Waals surface area contributed by atoms with Crippen LogP contribution >= 0.6 is 0 Å². The summed E-state index contributed by atoms with van der Waals surface area (Å²) in [5, 5.41) is 0. The van der Waals surface area contributed by atoms with Crippen molar-refractivity contribution in [1.82, 2.24) is 0 Å². The molecule has 0 N–H and O–H groups in total. The van der Waals surface area contributed by atoms with Gasteiger partial charge in [0, 0.05) is 13.2 Å². The van der Waals surface area contributed by atoms with Crippen molar-refractivity contribution in [3.05, 3.63) is 18.2 Å². The second-order valence-electron chi connectivity index (χ2n) is 3.53. The van der Waals surface area contributed by atoms with Gasteiger partial charge in [0.25, 0.3) is 0 Å². The van der Waals surface area contributed by atoms with Gasteiger partial charge in [0.15, 0.2) is 18.3 Å². The van der Waals surface area contributed by atoms with E-state index >= 15 is 0 Å². The summed E-state index contributed by atoms with van der Waals surface area (Å²) in [6.07, 6.45) is 0. The lowest BCUT2D eigenvalue weighted by Gasteiger charge is -2.15. The molecule has 0 fully saturated rings. The molecule has 0 bridgehead atoms. The van der Waals surface area contributed by atoms with Gasteiger partial charge < -0.3 is 23.7 Å². The first-order valence-electron chi connectivity index (χ1n) is 6.33. The summed E-state index contributed by atoms with van der Waals surface area (Å²) < 4.78 is 26.6. The Bertz CT molecular complexity index is 354. The zero-order valence-corrected chi connectivity index (χ0v) is 11.7. The molecular weight excluding hydrogens is 248 g/mol. The SMILES string of the molecule is CCOc1cc[c]c(OCOCCOC)c1OCC. The highest BCUT2D eigenvalue weighted by atomic mass is 16.7. The molecule has 5 heteroatoms. The Morgan fingerprint density at radius 3 is 2.53 bits per heavy atom. The van der Waals surface area contributed by atoms with E-state index in [4.69, 9.17) is 23.7 Å². The van der Waals surface area contributed by atoms with Crippen molar-refractivity contribution in [2.75, 3.05) is 40.3 Å². The van der Waals surface area contributed by atoms with Crippen LogP contribution in [0.1, 0.15) is 13.8 Å². The van der Waals surface area contributed by atoms with Gasteiger partial charge in [0.2, 0.25) is 5.75 Å². The maximum atomic E-state index is 5.54. The van der Waals surface area contributed by atoms with E-state index in [1.165, 1.54) is 0 Å². The third-order valence-corrected chi connectivity index (χ3v) is 2.19. The average molecular weight is 269 g/mol. The normalized spacial score (nSPS) is 10.3. The van der Waals surface area contributed by atoms with Gasteiger partial charge >= 0.3 is 0 Å². The highest BCUT2D eigenvalue weighted by Crippen LogP contribution is 2.36. The van der Waals surface area contributed by atoms with E-state index in [0.717, 1.165) is 0 Å². The summed E-state index contributed by atoms with van der Waals surface area (Å²) in [4.78, 5) is 0. The van der Waals surface area contributed by atoms with Crippen molar-refractivity contribution in [2.24, 2.45) is 0 Å². The third-order valence-electron chi connectivity index (χ3n) is 2.19. The van der Waals surface area contributed by atoms with Crippen LogP contribution in [0.2, 0.25) is 0 Å². The minimum Gasteiger partial charge on any atom is -0.490 e. The lowest BCUT2D eigenvalue weighted by atomic mass is 10.3. The lowest BCUT2D eigenvalue weighted by molar-refractivity contribution is -0.00990. The van der Waals surface area contributed by atoms with Crippen molar-refractivity contribution in [2.45, 2.75) is 13.8 Å². The molecule has 1 rings (SSSR count). The molecule has 0 heterocycles. The molecule has 1 radical (unpaired) electrons. The Morgan fingerprint density at radius 2 is 1.84 bits per heavy atom. The fourth-order valence-electron chi connectivity index (χ4n) is 1.41. The molecule has 0 atom stereocenters. The van der Waals surface area contributed by atoms with Gasteiger partial charge in [-0.15, -0.1) is 0 Å². The molecule has 0 unspecified atom stereocenters. The standard InChI is InChI=1S/C14H21O5/c1-4-17-12-7-6-8-13(14(12)18-5-2)19-11-16-10-9-15-3/h6-7H,4-5,9-11H2,1-3H3. The van der Waals surface area contributed by atoms with Crippen LogP contribution in [-0.4, -0.2) is 40.3 Å². The predicted octanol–water partition coefficient (Wildman–Crippen LogP) is 2.28. The summed E-state index contributed by atoms with van der Waals surface area (Å²) in [5.74, 6) is 1.70. The second kappa shape index (κ2) is 9.47. The molecule has 0 aliphatic heterocycles. The molecule has 5 nitrogen and oxygen atoms in total. The van der Waals surface area contributed by atoms with Crippen LogP contribution in [-0.2, 0) is 9.47 Å². The van der Waals surface area contributed by atoms with E-state index in [2.05, 4.69) is 6.07 Å². The first kappa shape index (κ1) is 15.6. The van der Waals surface area contributed by atoms with Crippen LogP contribution in [0.4, 0.5) is 0 Å². The maximum absolute atomic E-state index is 5.54. The monoisotopic (exact) mass is 269 g/mol. The van der Waals surface area contributed by atoms with E-state index in [1.54, 1.807) is 19.2 Å². The van der Waals surface area contributed by atoms with Gasteiger partial charge in [-0.2, -0.15) is 0 Å². The van der Waals surface area contributed by atoms with E-state index < -0.39 is 0 Å². The van der Waals surface area contributed by atoms with Crippen molar-refractivity contribution in [3.63, 3.8) is 0 Å².